The van der Waals surface area contributed by atoms with Gasteiger partial charge in [-0.05, 0) is 26.7 Å². The number of amidine groups is 1. The van der Waals surface area contributed by atoms with Crippen molar-refractivity contribution >= 4 is 16.9 Å². The van der Waals surface area contributed by atoms with Gasteiger partial charge in [0, 0.05) is 23.3 Å². The van der Waals surface area contributed by atoms with Crippen LogP contribution in [0.3, 0.4) is 0 Å². The van der Waals surface area contributed by atoms with Gasteiger partial charge in [0.1, 0.15) is 0 Å². The minimum atomic E-state index is 0.177. The molecule has 0 aromatic heterocycles. The van der Waals surface area contributed by atoms with Crippen LogP contribution in [0, 0.1) is 5.41 Å². The summed E-state index contributed by atoms with van der Waals surface area (Å²) in [6.07, 6.45) is 2.59. The fourth-order valence-corrected chi connectivity index (χ4v) is 3.78. The molecule has 1 aliphatic heterocycles. The molecule has 0 spiro atoms. The van der Waals surface area contributed by atoms with E-state index in [2.05, 4.69) is 39.9 Å². The molecular weight excluding hydrogens is 244 g/mol. The van der Waals surface area contributed by atoms with Crippen molar-refractivity contribution in [2.45, 2.75) is 65.1 Å². The Kier molecular flexibility index (Phi) is 3.98. The first-order chi connectivity index (χ1) is 8.41. The minimum absolute atomic E-state index is 0.177. The molecule has 1 saturated carbocycles. The van der Waals surface area contributed by atoms with E-state index in [0.717, 1.165) is 30.4 Å². The van der Waals surface area contributed by atoms with Crippen LogP contribution in [0.25, 0.3) is 0 Å². The molecule has 0 bridgehead atoms. The third-order valence-electron chi connectivity index (χ3n) is 4.48. The van der Waals surface area contributed by atoms with Crippen molar-refractivity contribution in [3.05, 3.63) is 0 Å². The number of nitrogens with one attached hydrogen (secondary N) is 1. The van der Waals surface area contributed by atoms with Crippen molar-refractivity contribution in [3.63, 3.8) is 0 Å². The van der Waals surface area contributed by atoms with E-state index in [-0.39, 0.29) is 11.0 Å². The third kappa shape index (κ3) is 2.55. The Bertz CT molecular complexity index is 343. The van der Waals surface area contributed by atoms with E-state index < -0.39 is 0 Å². The van der Waals surface area contributed by atoms with Crippen molar-refractivity contribution in [1.82, 2.24) is 5.32 Å². The number of aliphatic imine (C=N–C) groups is 1. The van der Waals surface area contributed by atoms with Gasteiger partial charge in [0.15, 0.2) is 5.17 Å². The van der Waals surface area contributed by atoms with Gasteiger partial charge in [0.05, 0.1) is 12.1 Å². The van der Waals surface area contributed by atoms with Crippen molar-refractivity contribution in [2.75, 3.05) is 12.4 Å². The summed E-state index contributed by atoms with van der Waals surface area (Å²) in [5.74, 6) is 1.13. The molecule has 1 N–H and O–H groups in total. The molecule has 1 aliphatic carbocycles. The maximum absolute atomic E-state index is 5.75. The van der Waals surface area contributed by atoms with Crippen LogP contribution in [0.1, 0.15) is 47.5 Å². The Labute approximate surface area is 115 Å². The van der Waals surface area contributed by atoms with Gasteiger partial charge in [-0.3, -0.25) is 4.99 Å². The predicted molar refractivity (Wildman–Crippen MR) is 79.3 cm³/mol. The zero-order chi connectivity index (χ0) is 13.4. The van der Waals surface area contributed by atoms with E-state index in [0.29, 0.717) is 12.1 Å². The summed E-state index contributed by atoms with van der Waals surface area (Å²) in [7, 11) is 0. The molecule has 3 unspecified atom stereocenters. The number of hydrogen-bond acceptors (Lipinski definition) is 3. The second kappa shape index (κ2) is 5.04. The molecule has 2 rings (SSSR count). The van der Waals surface area contributed by atoms with E-state index in [1.807, 2.05) is 11.8 Å². The average molecular weight is 270 g/mol. The number of nitrogens with zero attached hydrogens (tertiary/aromatic N) is 1. The first kappa shape index (κ1) is 14.2. The van der Waals surface area contributed by atoms with Crippen LogP contribution in [-0.2, 0) is 4.74 Å². The van der Waals surface area contributed by atoms with Crippen LogP contribution >= 0.6 is 11.8 Å². The Morgan fingerprint density at radius 1 is 1.39 bits per heavy atom. The van der Waals surface area contributed by atoms with Gasteiger partial charge >= 0.3 is 0 Å². The van der Waals surface area contributed by atoms with Crippen LogP contribution in [0.5, 0.6) is 0 Å². The summed E-state index contributed by atoms with van der Waals surface area (Å²) in [5.41, 5.74) is 0.410. The summed E-state index contributed by atoms with van der Waals surface area (Å²) in [5, 5.41) is 4.70. The summed E-state index contributed by atoms with van der Waals surface area (Å²) in [6, 6.07) is 0.406. The molecule has 3 atom stereocenters. The summed E-state index contributed by atoms with van der Waals surface area (Å²) in [6.45, 7) is 11.9. The van der Waals surface area contributed by atoms with Crippen LogP contribution in [0.2, 0.25) is 0 Å². The Morgan fingerprint density at radius 2 is 2.11 bits per heavy atom. The number of ether oxygens (including phenoxy) is 1. The van der Waals surface area contributed by atoms with Crippen LogP contribution in [-0.4, -0.2) is 35.2 Å². The van der Waals surface area contributed by atoms with Gasteiger partial charge in [-0.15, -0.1) is 0 Å². The van der Waals surface area contributed by atoms with Crippen molar-refractivity contribution < 1.29 is 4.74 Å². The highest BCUT2D eigenvalue weighted by Gasteiger charge is 2.49. The second-order valence-corrected chi connectivity index (χ2v) is 7.24. The van der Waals surface area contributed by atoms with Gasteiger partial charge < -0.3 is 10.1 Å². The Balaban J connectivity index is 1.96. The summed E-state index contributed by atoms with van der Waals surface area (Å²) in [4.78, 5) is 4.90. The number of rotatable bonds is 4. The molecule has 0 aromatic carbocycles. The summed E-state index contributed by atoms with van der Waals surface area (Å²) >= 11 is 1.86. The molecule has 1 saturated heterocycles. The van der Waals surface area contributed by atoms with E-state index >= 15 is 0 Å². The topological polar surface area (TPSA) is 33.6 Å². The quantitative estimate of drug-likeness (QED) is 0.852. The normalized spacial score (nSPS) is 40.6. The summed E-state index contributed by atoms with van der Waals surface area (Å²) < 4.78 is 5.75. The maximum atomic E-state index is 5.75. The van der Waals surface area contributed by atoms with Gasteiger partial charge in [0.2, 0.25) is 0 Å². The number of thioether (sulfide) groups is 1. The molecule has 0 radical (unpaired) electrons. The van der Waals surface area contributed by atoms with Gasteiger partial charge in [-0.25, -0.2) is 0 Å². The Hall–Kier alpha value is -0.220. The Morgan fingerprint density at radius 3 is 2.61 bits per heavy atom. The molecule has 2 aliphatic rings. The second-order valence-electron chi connectivity index (χ2n) is 6.28. The fraction of sp³-hybridized carbons (Fsp3) is 0.929. The van der Waals surface area contributed by atoms with E-state index in [1.165, 1.54) is 0 Å². The molecule has 2 fully saturated rings. The van der Waals surface area contributed by atoms with Crippen molar-refractivity contribution in [3.8, 4) is 0 Å². The lowest BCUT2D eigenvalue weighted by Crippen LogP contribution is -2.54. The highest BCUT2D eigenvalue weighted by molar-refractivity contribution is 8.14. The zero-order valence-electron chi connectivity index (χ0n) is 12.2. The highest BCUT2D eigenvalue weighted by Crippen LogP contribution is 2.45. The van der Waals surface area contributed by atoms with E-state index in [4.69, 9.17) is 9.73 Å². The van der Waals surface area contributed by atoms with Crippen LogP contribution < -0.4 is 5.32 Å². The third-order valence-corrected chi connectivity index (χ3v) is 5.75. The number of hydrogen-bond donors (Lipinski definition) is 1. The van der Waals surface area contributed by atoms with Gasteiger partial charge in [-0.2, -0.15) is 0 Å². The first-order valence-electron chi connectivity index (χ1n) is 7.01. The lowest BCUT2D eigenvalue weighted by atomic mass is 9.65. The molecule has 0 aromatic rings. The lowest BCUT2D eigenvalue weighted by molar-refractivity contribution is -0.103. The SMILES string of the molecule is CCOC1CC(N=C2NC(C)(CC)CS2)C1(C)C. The molecule has 1 heterocycles. The van der Waals surface area contributed by atoms with Crippen LogP contribution in [0.15, 0.2) is 4.99 Å². The lowest BCUT2D eigenvalue weighted by Gasteiger charge is -2.49. The smallest absolute Gasteiger partial charge is 0.157 e. The molecule has 3 nitrogen and oxygen atoms in total. The van der Waals surface area contributed by atoms with Gasteiger partial charge in [0.25, 0.3) is 0 Å². The fourth-order valence-electron chi connectivity index (χ4n) is 2.53. The standard InChI is InChI=1S/C14H26N2OS/c1-6-14(5)9-18-12(16-14)15-10-8-11(17-7-2)13(10,3)4/h10-11H,6-9H2,1-5H3,(H,15,16). The maximum Gasteiger partial charge on any atom is 0.157 e. The molecule has 18 heavy (non-hydrogen) atoms. The molecule has 104 valence electrons. The average Bonchev–Trinajstić information content (AvgIpc) is 2.71. The molecular formula is C14H26N2OS. The predicted octanol–water partition coefficient (Wildman–Crippen LogP) is 3.05. The molecule has 0 amide bonds. The van der Waals surface area contributed by atoms with Crippen LogP contribution in [0.4, 0.5) is 0 Å². The van der Waals surface area contributed by atoms with E-state index in [1.54, 1.807) is 0 Å². The minimum Gasteiger partial charge on any atom is -0.378 e. The highest BCUT2D eigenvalue weighted by atomic mass is 32.2. The largest absolute Gasteiger partial charge is 0.378 e. The van der Waals surface area contributed by atoms with Crippen molar-refractivity contribution in [2.24, 2.45) is 10.4 Å². The molecule has 4 heteroatoms. The van der Waals surface area contributed by atoms with E-state index in [9.17, 15) is 0 Å². The first-order valence-corrected chi connectivity index (χ1v) is 8.00. The van der Waals surface area contributed by atoms with Gasteiger partial charge in [-0.1, -0.05) is 32.5 Å². The van der Waals surface area contributed by atoms with Crippen molar-refractivity contribution in [1.29, 1.82) is 0 Å². The zero-order valence-corrected chi connectivity index (χ0v) is 13.1. The monoisotopic (exact) mass is 270 g/mol.